The zero-order valence-electron chi connectivity index (χ0n) is 18.0. The summed E-state index contributed by atoms with van der Waals surface area (Å²) in [5, 5.41) is 2.97. The lowest BCUT2D eigenvalue weighted by Gasteiger charge is -2.34. The van der Waals surface area contributed by atoms with Gasteiger partial charge in [-0.1, -0.05) is 26.0 Å². The second-order valence-electron chi connectivity index (χ2n) is 8.81. The second-order valence-corrected chi connectivity index (χ2v) is 8.81. The highest BCUT2D eigenvalue weighted by molar-refractivity contribution is 5.97. The smallest absolute Gasteiger partial charge is 0.227 e. The van der Waals surface area contributed by atoms with Crippen molar-refractivity contribution in [2.45, 2.75) is 52.6 Å². The molecule has 0 bridgehead atoms. The van der Waals surface area contributed by atoms with Crippen LogP contribution in [-0.4, -0.2) is 55.5 Å². The number of anilines is 1. The molecular formula is C23H35N3O3. The van der Waals surface area contributed by atoms with Crippen LogP contribution in [0.25, 0.3) is 0 Å². The van der Waals surface area contributed by atoms with Crippen LogP contribution in [-0.2, 0) is 9.59 Å². The Bertz CT molecular complexity index is 698. The van der Waals surface area contributed by atoms with Gasteiger partial charge in [0, 0.05) is 32.5 Å². The molecule has 0 aliphatic carbocycles. The number of nitrogens with one attached hydrogen (secondary N) is 1. The number of hydrogen-bond acceptors (Lipinski definition) is 4. The molecule has 6 nitrogen and oxygen atoms in total. The van der Waals surface area contributed by atoms with Crippen molar-refractivity contribution < 1.29 is 14.3 Å². The highest BCUT2D eigenvalue weighted by Crippen LogP contribution is 2.33. The van der Waals surface area contributed by atoms with Crippen molar-refractivity contribution in [3.05, 3.63) is 24.3 Å². The molecule has 0 unspecified atom stereocenters. The van der Waals surface area contributed by atoms with E-state index < -0.39 is 0 Å². The predicted octanol–water partition coefficient (Wildman–Crippen LogP) is 3.06. The SMILES string of the molecule is C[C@@H]1C[C@@H](C)CN(CCCNC(=O)CCC(=O)N2C[C@@H](C)Oc3ccccc32)C1. The number of nitrogens with zero attached hydrogens (tertiary/aromatic N) is 2. The standard InChI is InChI=1S/C23H35N3O3/c1-17-13-18(2)15-25(14-17)12-6-11-24-22(27)9-10-23(28)26-16-19(3)29-21-8-5-4-7-20(21)26/h4-5,7-8,17-19H,6,9-16H2,1-3H3,(H,24,27)/t17-,18-,19-/m1/s1. The van der Waals surface area contributed by atoms with Gasteiger partial charge < -0.3 is 19.9 Å². The first-order valence-electron chi connectivity index (χ1n) is 11.0. The summed E-state index contributed by atoms with van der Waals surface area (Å²) in [5.41, 5.74) is 0.793. The minimum atomic E-state index is -0.0529. The Morgan fingerprint density at radius 3 is 2.55 bits per heavy atom. The van der Waals surface area contributed by atoms with E-state index >= 15 is 0 Å². The number of ether oxygens (including phenoxy) is 1. The van der Waals surface area contributed by atoms with Crippen LogP contribution in [0.4, 0.5) is 5.69 Å². The molecule has 0 spiro atoms. The van der Waals surface area contributed by atoms with Crippen LogP contribution in [0.5, 0.6) is 5.75 Å². The maximum Gasteiger partial charge on any atom is 0.227 e. The molecule has 0 saturated carbocycles. The van der Waals surface area contributed by atoms with Crippen LogP contribution in [0.3, 0.4) is 0 Å². The van der Waals surface area contributed by atoms with Crippen molar-refractivity contribution in [2.24, 2.45) is 11.8 Å². The summed E-state index contributed by atoms with van der Waals surface area (Å²) in [6.45, 7) is 11.1. The van der Waals surface area contributed by atoms with Crippen LogP contribution in [0, 0.1) is 11.8 Å². The summed E-state index contributed by atoms with van der Waals surface area (Å²) < 4.78 is 5.79. The molecule has 2 amide bonds. The molecular weight excluding hydrogens is 366 g/mol. The van der Waals surface area contributed by atoms with Crippen molar-refractivity contribution in [1.29, 1.82) is 0 Å². The van der Waals surface area contributed by atoms with Gasteiger partial charge in [0.1, 0.15) is 11.9 Å². The van der Waals surface area contributed by atoms with E-state index in [1.807, 2.05) is 31.2 Å². The number of amides is 2. The number of likely N-dealkylation sites (tertiary alicyclic amines) is 1. The minimum absolute atomic E-state index is 0.0287. The van der Waals surface area contributed by atoms with Crippen molar-refractivity contribution in [3.63, 3.8) is 0 Å². The summed E-state index contributed by atoms with van der Waals surface area (Å²) in [4.78, 5) is 29.1. The van der Waals surface area contributed by atoms with Gasteiger partial charge in [0.2, 0.25) is 11.8 Å². The Hall–Kier alpha value is -2.08. The topological polar surface area (TPSA) is 61.9 Å². The van der Waals surface area contributed by atoms with Crippen molar-refractivity contribution in [2.75, 3.05) is 37.6 Å². The molecule has 3 atom stereocenters. The molecule has 1 fully saturated rings. The van der Waals surface area contributed by atoms with Crippen LogP contribution in [0.15, 0.2) is 24.3 Å². The zero-order chi connectivity index (χ0) is 20.8. The molecule has 0 radical (unpaired) electrons. The largest absolute Gasteiger partial charge is 0.487 e. The minimum Gasteiger partial charge on any atom is -0.487 e. The van der Waals surface area contributed by atoms with Crippen LogP contribution in [0.1, 0.15) is 46.5 Å². The fourth-order valence-electron chi connectivity index (χ4n) is 4.57. The Morgan fingerprint density at radius 1 is 1.07 bits per heavy atom. The van der Waals surface area contributed by atoms with Crippen molar-refractivity contribution >= 4 is 17.5 Å². The Labute approximate surface area is 174 Å². The highest BCUT2D eigenvalue weighted by Gasteiger charge is 2.27. The van der Waals surface area contributed by atoms with E-state index in [1.165, 1.54) is 6.42 Å². The maximum absolute atomic E-state index is 12.7. The Balaban J connectivity index is 1.37. The van der Waals surface area contributed by atoms with Gasteiger partial charge in [-0.25, -0.2) is 0 Å². The average Bonchev–Trinajstić information content (AvgIpc) is 2.68. The zero-order valence-corrected chi connectivity index (χ0v) is 18.0. The first kappa shape index (κ1) is 21.6. The van der Waals surface area contributed by atoms with Gasteiger partial charge in [0.15, 0.2) is 0 Å². The molecule has 3 rings (SSSR count). The van der Waals surface area contributed by atoms with Crippen LogP contribution < -0.4 is 15.0 Å². The molecule has 0 aromatic heterocycles. The third-order valence-corrected chi connectivity index (χ3v) is 5.71. The molecule has 160 valence electrons. The number of fused-ring (bicyclic) bond motifs is 1. The van der Waals surface area contributed by atoms with E-state index in [2.05, 4.69) is 24.1 Å². The number of hydrogen-bond donors (Lipinski definition) is 1. The number of rotatable bonds is 7. The average molecular weight is 402 g/mol. The quantitative estimate of drug-likeness (QED) is 0.714. The third kappa shape index (κ3) is 6.20. The summed E-state index contributed by atoms with van der Waals surface area (Å²) in [7, 11) is 0. The molecule has 1 N–H and O–H groups in total. The first-order valence-corrected chi connectivity index (χ1v) is 11.0. The lowest BCUT2D eigenvalue weighted by atomic mass is 9.92. The summed E-state index contributed by atoms with van der Waals surface area (Å²) >= 11 is 0. The van der Waals surface area contributed by atoms with E-state index in [0.717, 1.165) is 49.3 Å². The lowest BCUT2D eigenvalue weighted by molar-refractivity contribution is -0.125. The number of para-hydroxylation sites is 2. The van der Waals surface area contributed by atoms with Gasteiger partial charge in [-0.15, -0.1) is 0 Å². The molecule has 2 heterocycles. The fraction of sp³-hybridized carbons (Fsp3) is 0.652. The number of piperidine rings is 1. The molecule has 6 heteroatoms. The lowest BCUT2D eigenvalue weighted by Crippen LogP contribution is -2.42. The Kier molecular flexibility index (Phi) is 7.53. The number of carbonyl (C=O) groups is 2. The molecule has 1 saturated heterocycles. The van der Waals surface area contributed by atoms with Gasteiger partial charge in [-0.2, -0.15) is 0 Å². The van der Waals surface area contributed by atoms with E-state index in [0.29, 0.717) is 13.1 Å². The van der Waals surface area contributed by atoms with Crippen molar-refractivity contribution in [1.82, 2.24) is 10.2 Å². The fourth-order valence-corrected chi connectivity index (χ4v) is 4.57. The molecule has 2 aliphatic heterocycles. The normalized spacial score (nSPS) is 24.5. The van der Waals surface area contributed by atoms with Gasteiger partial charge in [0.05, 0.1) is 12.2 Å². The predicted molar refractivity (Wildman–Crippen MR) is 115 cm³/mol. The Morgan fingerprint density at radius 2 is 1.79 bits per heavy atom. The summed E-state index contributed by atoms with van der Waals surface area (Å²) in [5.74, 6) is 2.16. The van der Waals surface area contributed by atoms with E-state index in [1.54, 1.807) is 4.90 Å². The second kappa shape index (κ2) is 10.1. The van der Waals surface area contributed by atoms with Crippen LogP contribution >= 0.6 is 0 Å². The number of carbonyl (C=O) groups excluding carboxylic acids is 2. The van der Waals surface area contributed by atoms with Gasteiger partial charge >= 0.3 is 0 Å². The molecule has 1 aromatic carbocycles. The summed E-state index contributed by atoms with van der Waals surface area (Å²) in [6, 6.07) is 7.57. The molecule has 29 heavy (non-hydrogen) atoms. The first-order chi connectivity index (χ1) is 13.9. The third-order valence-electron chi connectivity index (χ3n) is 5.71. The maximum atomic E-state index is 12.7. The number of benzene rings is 1. The summed E-state index contributed by atoms with van der Waals surface area (Å²) in [6.07, 6.45) is 2.66. The van der Waals surface area contributed by atoms with Gasteiger partial charge in [-0.3, -0.25) is 9.59 Å². The molecule has 2 aliphatic rings. The van der Waals surface area contributed by atoms with E-state index in [-0.39, 0.29) is 30.8 Å². The monoisotopic (exact) mass is 401 g/mol. The van der Waals surface area contributed by atoms with Crippen molar-refractivity contribution in [3.8, 4) is 5.75 Å². The van der Waals surface area contributed by atoms with Crippen LogP contribution in [0.2, 0.25) is 0 Å². The van der Waals surface area contributed by atoms with Gasteiger partial charge in [0.25, 0.3) is 0 Å². The van der Waals surface area contributed by atoms with E-state index in [4.69, 9.17) is 4.74 Å². The van der Waals surface area contributed by atoms with E-state index in [9.17, 15) is 9.59 Å². The van der Waals surface area contributed by atoms with Gasteiger partial charge in [-0.05, 0) is 50.3 Å². The molecule has 1 aromatic rings. The highest BCUT2D eigenvalue weighted by atomic mass is 16.5.